The summed E-state index contributed by atoms with van der Waals surface area (Å²) in [5.41, 5.74) is 1.69. The first-order valence-electron chi connectivity index (χ1n) is 12.9. The number of fused-ring (bicyclic) bond motifs is 1. The highest BCUT2D eigenvalue weighted by atomic mass is 32.2. The molecule has 0 saturated heterocycles. The van der Waals surface area contributed by atoms with Crippen LogP contribution in [0.1, 0.15) is 59.0 Å². The molecular formula is C30H35N3O4S. The van der Waals surface area contributed by atoms with Crippen molar-refractivity contribution in [3.05, 3.63) is 94.5 Å². The Hall–Kier alpha value is -3.49. The van der Waals surface area contributed by atoms with E-state index < -0.39 is 16.1 Å². The molecule has 0 spiro atoms. The maximum atomic E-state index is 13.9. The summed E-state index contributed by atoms with van der Waals surface area (Å²) in [6.45, 7) is 12.3. The van der Waals surface area contributed by atoms with Crippen molar-refractivity contribution < 1.29 is 13.2 Å². The lowest BCUT2D eigenvalue weighted by molar-refractivity contribution is 0.331. The molecule has 38 heavy (non-hydrogen) atoms. The number of para-hydroxylation sites is 3. The number of hydrogen-bond acceptors (Lipinski definition) is 5. The average Bonchev–Trinajstić information content (AvgIpc) is 2.89. The van der Waals surface area contributed by atoms with Crippen LogP contribution in [-0.2, 0) is 15.4 Å². The summed E-state index contributed by atoms with van der Waals surface area (Å²) in [5.74, 6) is 0.837. The molecule has 3 aromatic carbocycles. The van der Waals surface area contributed by atoms with Gasteiger partial charge in [0, 0.05) is 6.54 Å². The van der Waals surface area contributed by atoms with Crippen molar-refractivity contribution in [2.75, 3.05) is 13.2 Å². The quantitative estimate of drug-likeness (QED) is 0.284. The van der Waals surface area contributed by atoms with Gasteiger partial charge in [-0.15, -0.1) is 0 Å². The van der Waals surface area contributed by atoms with Crippen molar-refractivity contribution >= 4 is 20.9 Å². The molecule has 8 heteroatoms. The molecule has 4 rings (SSSR count). The van der Waals surface area contributed by atoms with E-state index in [0.717, 1.165) is 5.56 Å². The molecule has 1 aromatic heterocycles. The van der Waals surface area contributed by atoms with Gasteiger partial charge in [-0.3, -0.25) is 9.36 Å². The van der Waals surface area contributed by atoms with Gasteiger partial charge in [0.15, 0.2) is 0 Å². The highest BCUT2D eigenvalue weighted by Gasteiger charge is 2.32. The summed E-state index contributed by atoms with van der Waals surface area (Å²) in [4.78, 5) is 18.9. The third-order valence-corrected chi connectivity index (χ3v) is 8.71. The molecule has 0 fully saturated rings. The molecule has 0 amide bonds. The summed E-state index contributed by atoms with van der Waals surface area (Å²) in [7, 11) is -3.90. The zero-order valence-electron chi connectivity index (χ0n) is 22.8. The van der Waals surface area contributed by atoms with Gasteiger partial charge in [-0.05, 0) is 61.2 Å². The van der Waals surface area contributed by atoms with Crippen LogP contribution >= 0.6 is 0 Å². The maximum Gasteiger partial charge on any atom is 0.266 e. The molecule has 1 unspecified atom stereocenters. The first kappa shape index (κ1) is 27.5. The van der Waals surface area contributed by atoms with E-state index in [4.69, 9.17) is 9.72 Å². The van der Waals surface area contributed by atoms with Gasteiger partial charge in [0.25, 0.3) is 5.56 Å². The van der Waals surface area contributed by atoms with E-state index in [-0.39, 0.29) is 22.4 Å². The van der Waals surface area contributed by atoms with Crippen LogP contribution in [0, 0.1) is 0 Å². The van der Waals surface area contributed by atoms with E-state index >= 15 is 0 Å². The Bertz CT molecular complexity index is 1600. The SMILES string of the molecule is CCOc1ccccc1-n1c(C(C)N(CC)S(=O)(=O)c2ccc(C(C)(C)C)cc2)nc2ccccc2c1=O. The van der Waals surface area contributed by atoms with E-state index in [0.29, 0.717) is 34.8 Å². The van der Waals surface area contributed by atoms with Crippen LogP contribution in [0.2, 0.25) is 0 Å². The van der Waals surface area contributed by atoms with Gasteiger partial charge in [-0.25, -0.2) is 13.4 Å². The normalized spacial score (nSPS) is 13.1. The largest absolute Gasteiger partial charge is 0.492 e. The smallest absolute Gasteiger partial charge is 0.266 e. The average molecular weight is 534 g/mol. The van der Waals surface area contributed by atoms with Crippen LogP contribution in [0.3, 0.4) is 0 Å². The Kier molecular flexibility index (Phi) is 7.76. The molecule has 0 radical (unpaired) electrons. The van der Waals surface area contributed by atoms with Crippen molar-refractivity contribution in [2.45, 2.75) is 57.9 Å². The lowest BCUT2D eigenvalue weighted by atomic mass is 9.87. The van der Waals surface area contributed by atoms with Crippen LogP contribution < -0.4 is 10.3 Å². The van der Waals surface area contributed by atoms with E-state index in [1.54, 1.807) is 56.3 Å². The number of sulfonamides is 1. The number of rotatable bonds is 8. The fraction of sp³-hybridized carbons (Fsp3) is 0.333. The topological polar surface area (TPSA) is 81.5 Å². The van der Waals surface area contributed by atoms with Crippen LogP contribution in [0.15, 0.2) is 82.5 Å². The van der Waals surface area contributed by atoms with Gasteiger partial charge >= 0.3 is 0 Å². The van der Waals surface area contributed by atoms with Crippen molar-refractivity contribution in [3.63, 3.8) is 0 Å². The molecule has 0 bridgehead atoms. The second-order valence-corrected chi connectivity index (χ2v) is 12.1. The molecule has 0 aliphatic carbocycles. The monoisotopic (exact) mass is 533 g/mol. The second kappa shape index (κ2) is 10.7. The molecule has 1 heterocycles. The molecule has 0 N–H and O–H groups in total. The Morgan fingerprint density at radius 1 is 0.947 bits per heavy atom. The lowest BCUT2D eigenvalue weighted by Gasteiger charge is -2.29. The number of ether oxygens (including phenoxy) is 1. The van der Waals surface area contributed by atoms with Gasteiger partial charge in [-0.2, -0.15) is 4.31 Å². The first-order chi connectivity index (χ1) is 18.0. The summed E-state index contributed by atoms with van der Waals surface area (Å²) in [6.07, 6.45) is 0. The van der Waals surface area contributed by atoms with E-state index in [9.17, 15) is 13.2 Å². The van der Waals surface area contributed by atoms with Crippen LogP contribution in [0.5, 0.6) is 5.75 Å². The highest BCUT2D eigenvalue weighted by molar-refractivity contribution is 7.89. The number of aromatic nitrogens is 2. The van der Waals surface area contributed by atoms with Gasteiger partial charge in [0.2, 0.25) is 10.0 Å². The maximum absolute atomic E-state index is 13.9. The second-order valence-electron chi connectivity index (χ2n) is 10.2. The van der Waals surface area contributed by atoms with Crippen molar-refractivity contribution in [1.82, 2.24) is 13.9 Å². The van der Waals surface area contributed by atoms with Gasteiger partial charge in [-0.1, -0.05) is 64.1 Å². The minimum Gasteiger partial charge on any atom is -0.492 e. The van der Waals surface area contributed by atoms with Crippen molar-refractivity contribution in [3.8, 4) is 11.4 Å². The minimum atomic E-state index is -3.90. The fourth-order valence-corrected chi connectivity index (χ4v) is 6.23. The number of benzene rings is 3. The summed E-state index contributed by atoms with van der Waals surface area (Å²) >= 11 is 0. The predicted octanol–water partition coefficient (Wildman–Crippen LogP) is 5.85. The summed E-state index contributed by atoms with van der Waals surface area (Å²) < 4.78 is 36.5. The molecule has 4 aromatic rings. The third-order valence-electron chi connectivity index (χ3n) is 6.65. The van der Waals surface area contributed by atoms with Gasteiger partial charge in [0.05, 0.1) is 34.1 Å². The van der Waals surface area contributed by atoms with E-state index in [1.807, 2.05) is 37.3 Å². The Morgan fingerprint density at radius 3 is 2.21 bits per heavy atom. The standard InChI is InChI=1S/C30H35N3O4S/c1-7-32(38(35,36)23-19-17-22(18-20-23)30(4,5)6)21(3)28-31-25-14-10-9-13-24(25)29(34)33(28)26-15-11-12-16-27(26)37-8-2/h9-21H,7-8H2,1-6H3. The van der Waals surface area contributed by atoms with Crippen LogP contribution in [-0.4, -0.2) is 35.4 Å². The third kappa shape index (κ3) is 5.11. The predicted molar refractivity (Wildman–Crippen MR) is 152 cm³/mol. The summed E-state index contributed by atoms with van der Waals surface area (Å²) in [6, 6.07) is 20.6. The minimum absolute atomic E-state index is 0.0982. The molecule has 0 saturated carbocycles. The number of nitrogens with zero attached hydrogens (tertiary/aromatic N) is 3. The summed E-state index contributed by atoms with van der Waals surface area (Å²) in [5, 5.41) is 0.443. The van der Waals surface area contributed by atoms with E-state index in [2.05, 4.69) is 20.8 Å². The molecule has 0 aliphatic heterocycles. The molecular weight excluding hydrogens is 498 g/mol. The van der Waals surface area contributed by atoms with Gasteiger partial charge < -0.3 is 4.74 Å². The first-order valence-corrected chi connectivity index (χ1v) is 14.3. The highest BCUT2D eigenvalue weighted by Crippen LogP contribution is 2.31. The van der Waals surface area contributed by atoms with Gasteiger partial charge in [0.1, 0.15) is 11.6 Å². The Labute approximate surface area is 224 Å². The zero-order valence-corrected chi connectivity index (χ0v) is 23.6. The van der Waals surface area contributed by atoms with E-state index in [1.165, 1.54) is 8.87 Å². The van der Waals surface area contributed by atoms with Crippen molar-refractivity contribution in [1.29, 1.82) is 0 Å². The zero-order chi connectivity index (χ0) is 27.7. The fourth-order valence-electron chi connectivity index (χ4n) is 4.63. The Morgan fingerprint density at radius 2 is 1.58 bits per heavy atom. The molecule has 200 valence electrons. The van der Waals surface area contributed by atoms with Crippen LogP contribution in [0.4, 0.5) is 0 Å². The Balaban J connectivity index is 1.91. The molecule has 1 atom stereocenters. The molecule has 7 nitrogen and oxygen atoms in total. The van der Waals surface area contributed by atoms with Crippen LogP contribution in [0.25, 0.3) is 16.6 Å². The number of hydrogen-bond donors (Lipinski definition) is 0. The lowest BCUT2D eigenvalue weighted by Crippen LogP contribution is -2.37. The van der Waals surface area contributed by atoms with Crippen molar-refractivity contribution in [2.24, 2.45) is 0 Å². The molecule has 0 aliphatic rings.